The van der Waals surface area contributed by atoms with E-state index in [1.54, 1.807) is 23.9 Å². The zero-order valence-electron chi connectivity index (χ0n) is 10.3. The molecule has 0 aliphatic rings. The molecule has 96 valence electrons. The highest BCUT2D eigenvalue weighted by atomic mass is 35.5. The van der Waals surface area contributed by atoms with Crippen molar-refractivity contribution in [2.75, 3.05) is 5.75 Å². The van der Waals surface area contributed by atoms with Gasteiger partial charge in [-0.15, -0.1) is 0 Å². The van der Waals surface area contributed by atoms with E-state index in [1.807, 2.05) is 0 Å². The monoisotopic (exact) mass is 276 g/mol. The van der Waals surface area contributed by atoms with Gasteiger partial charge in [-0.25, -0.2) is 4.39 Å². The van der Waals surface area contributed by atoms with Crippen LogP contribution in [-0.4, -0.2) is 21.7 Å². The largest absolute Gasteiger partial charge is 0.392 e. The van der Waals surface area contributed by atoms with Crippen LogP contribution in [0.4, 0.5) is 4.39 Å². The molecule has 4 heteroatoms. The lowest BCUT2D eigenvalue weighted by Crippen LogP contribution is -2.19. The summed E-state index contributed by atoms with van der Waals surface area (Å²) in [7, 11) is 0. The summed E-state index contributed by atoms with van der Waals surface area (Å²) in [5.74, 6) is 0.228. The maximum atomic E-state index is 13.5. The van der Waals surface area contributed by atoms with Crippen molar-refractivity contribution in [2.24, 2.45) is 0 Å². The minimum atomic E-state index is -0.575. The predicted octanol–water partition coefficient (Wildman–Crippen LogP) is 3.91. The molecule has 17 heavy (non-hydrogen) atoms. The SMILES string of the molecule is CC(C)(C)SCC(O)Cc1c(F)cccc1Cl. The number of thioether (sulfide) groups is 1. The van der Waals surface area contributed by atoms with Crippen LogP contribution in [0.15, 0.2) is 18.2 Å². The molecule has 1 aromatic rings. The van der Waals surface area contributed by atoms with Crippen LogP contribution in [0.25, 0.3) is 0 Å². The molecular formula is C13H18ClFOS. The maximum absolute atomic E-state index is 13.5. The zero-order chi connectivity index (χ0) is 13.1. The smallest absolute Gasteiger partial charge is 0.127 e. The van der Waals surface area contributed by atoms with Crippen LogP contribution in [0.1, 0.15) is 26.3 Å². The summed E-state index contributed by atoms with van der Waals surface area (Å²) in [6.07, 6.45) is -0.317. The molecule has 1 rings (SSSR count). The van der Waals surface area contributed by atoms with E-state index in [2.05, 4.69) is 20.8 Å². The highest BCUT2D eigenvalue weighted by molar-refractivity contribution is 8.00. The molecule has 1 unspecified atom stereocenters. The Morgan fingerprint density at radius 3 is 2.59 bits per heavy atom. The van der Waals surface area contributed by atoms with Crippen molar-refractivity contribution < 1.29 is 9.50 Å². The third-order valence-electron chi connectivity index (χ3n) is 2.21. The van der Waals surface area contributed by atoms with E-state index >= 15 is 0 Å². The first-order valence-electron chi connectivity index (χ1n) is 5.54. The first-order valence-corrected chi connectivity index (χ1v) is 6.91. The Balaban J connectivity index is 2.59. The molecule has 1 aromatic carbocycles. The first kappa shape index (κ1) is 14.8. The van der Waals surface area contributed by atoms with Crippen molar-refractivity contribution in [3.8, 4) is 0 Å². The fraction of sp³-hybridized carbons (Fsp3) is 0.538. The fourth-order valence-corrected chi connectivity index (χ4v) is 2.42. The van der Waals surface area contributed by atoms with Crippen molar-refractivity contribution in [1.29, 1.82) is 0 Å². The molecule has 1 N–H and O–H groups in total. The van der Waals surface area contributed by atoms with Crippen molar-refractivity contribution in [1.82, 2.24) is 0 Å². The second-order valence-electron chi connectivity index (χ2n) is 4.98. The topological polar surface area (TPSA) is 20.2 Å². The van der Waals surface area contributed by atoms with Crippen LogP contribution in [0, 0.1) is 5.82 Å². The van der Waals surface area contributed by atoms with E-state index in [1.165, 1.54) is 6.07 Å². The minimum absolute atomic E-state index is 0.0972. The van der Waals surface area contributed by atoms with Crippen LogP contribution in [-0.2, 0) is 6.42 Å². The highest BCUT2D eigenvalue weighted by Crippen LogP contribution is 2.26. The molecule has 0 fully saturated rings. The average molecular weight is 277 g/mol. The molecule has 1 nitrogen and oxygen atoms in total. The maximum Gasteiger partial charge on any atom is 0.127 e. The number of aliphatic hydroxyl groups excluding tert-OH is 1. The van der Waals surface area contributed by atoms with Gasteiger partial charge in [0.05, 0.1) is 6.10 Å². The van der Waals surface area contributed by atoms with Crippen LogP contribution < -0.4 is 0 Å². The van der Waals surface area contributed by atoms with Gasteiger partial charge in [-0.2, -0.15) is 11.8 Å². The van der Waals surface area contributed by atoms with Gasteiger partial charge in [0.1, 0.15) is 5.82 Å². The van der Waals surface area contributed by atoms with Crippen molar-refractivity contribution >= 4 is 23.4 Å². The Morgan fingerprint density at radius 2 is 2.06 bits per heavy atom. The average Bonchev–Trinajstić information content (AvgIpc) is 2.20. The molecule has 0 amide bonds. The summed E-state index contributed by atoms with van der Waals surface area (Å²) in [4.78, 5) is 0. The zero-order valence-corrected chi connectivity index (χ0v) is 11.9. The predicted molar refractivity (Wildman–Crippen MR) is 73.3 cm³/mol. The second-order valence-corrected chi connectivity index (χ2v) is 7.24. The van der Waals surface area contributed by atoms with Crippen LogP contribution in [0.5, 0.6) is 0 Å². The Kier molecular flexibility index (Phi) is 5.29. The molecule has 0 aromatic heterocycles. The number of rotatable bonds is 4. The Morgan fingerprint density at radius 1 is 1.41 bits per heavy atom. The molecule has 0 aliphatic carbocycles. The van der Waals surface area contributed by atoms with Crippen molar-refractivity contribution in [3.63, 3.8) is 0 Å². The van der Waals surface area contributed by atoms with E-state index in [4.69, 9.17) is 11.6 Å². The second kappa shape index (κ2) is 6.07. The summed E-state index contributed by atoms with van der Waals surface area (Å²) >= 11 is 7.56. The minimum Gasteiger partial charge on any atom is -0.392 e. The van der Waals surface area contributed by atoms with E-state index < -0.39 is 6.10 Å². The molecular weight excluding hydrogens is 259 g/mol. The van der Waals surface area contributed by atoms with Gasteiger partial charge in [-0.05, 0) is 12.1 Å². The molecule has 0 radical (unpaired) electrons. The number of hydrogen-bond acceptors (Lipinski definition) is 2. The van der Waals surface area contributed by atoms with Gasteiger partial charge in [0.25, 0.3) is 0 Å². The molecule has 0 spiro atoms. The Bertz CT molecular complexity index is 356. The Hall–Kier alpha value is -0.250. The molecule has 1 atom stereocenters. The van der Waals surface area contributed by atoms with Gasteiger partial charge in [0.15, 0.2) is 0 Å². The quantitative estimate of drug-likeness (QED) is 0.900. The molecule has 0 bridgehead atoms. The fourth-order valence-electron chi connectivity index (χ4n) is 1.37. The third kappa shape index (κ3) is 5.28. The normalized spacial score (nSPS) is 13.8. The van der Waals surface area contributed by atoms with Crippen LogP contribution in [0.2, 0.25) is 5.02 Å². The number of aliphatic hydroxyl groups is 1. The number of benzene rings is 1. The van der Waals surface area contributed by atoms with E-state index in [9.17, 15) is 9.50 Å². The van der Waals surface area contributed by atoms with Gasteiger partial charge < -0.3 is 5.11 Å². The molecule has 0 saturated heterocycles. The van der Waals surface area contributed by atoms with Crippen molar-refractivity contribution in [2.45, 2.75) is 38.0 Å². The van der Waals surface area contributed by atoms with Crippen LogP contribution in [0.3, 0.4) is 0 Å². The van der Waals surface area contributed by atoms with E-state index in [0.29, 0.717) is 16.3 Å². The lowest BCUT2D eigenvalue weighted by molar-refractivity contribution is 0.198. The van der Waals surface area contributed by atoms with E-state index in [0.717, 1.165) is 0 Å². The summed E-state index contributed by atoms with van der Waals surface area (Å²) in [6, 6.07) is 4.58. The van der Waals surface area contributed by atoms with Gasteiger partial charge in [-0.3, -0.25) is 0 Å². The first-order chi connectivity index (χ1) is 7.79. The van der Waals surface area contributed by atoms with E-state index in [-0.39, 0.29) is 17.0 Å². The van der Waals surface area contributed by atoms with Gasteiger partial charge >= 0.3 is 0 Å². The third-order valence-corrected chi connectivity index (χ3v) is 3.98. The summed E-state index contributed by atoms with van der Waals surface area (Å²) in [5.41, 5.74) is 0.399. The standard InChI is InChI=1S/C13H18ClFOS/c1-13(2,3)17-8-9(16)7-10-11(14)5-4-6-12(10)15/h4-6,9,16H,7-8H2,1-3H3. The highest BCUT2D eigenvalue weighted by Gasteiger charge is 2.16. The van der Waals surface area contributed by atoms with Crippen LogP contribution >= 0.6 is 23.4 Å². The lowest BCUT2D eigenvalue weighted by atomic mass is 10.1. The molecule has 0 saturated carbocycles. The molecule has 0 heterocycles. The summed E-state index contributed by atoms with van der Waals surface area (Å²) < 4.78 is 13.6. The van der Waals surface area contributed by atoms with Gasteiger partial charge in [0.2, 0.25) is 0 Å². The summed E-state index contributed by atoms with van der Waals surface area (Å²) in [6.45, 7) is 6.25. The molecule has 0 aliphatic heterocycles. The van der Waals surface area contributed by atoms with Crippen molar-refractivity contribution in [3.05, 3.63) is 34.6 Å². The Labute approximate surface area is 111 Å². The lowest BCUT2D eigenvalue weighted by Gasteiger charge is -2.20. The summed E-state index contributed by atoms with van der Waals surface area (Å²) in [5, 5.41) is 10.2. The number of hydrogen-bond donors (Lipinski definition) is 1. The van der Waals surface area contributed by atoms with Gasteiger partial charge in [-0.1, -0.05) is 38.4 Å². The number of halogens is 2. The van der Waals surface area contributed by atoms with Gasteiger partial charge in [0, 0.05) is 27.5 Å².